The minimum absolute atomic E-state index is 0.113. The molecule has 4 nitrogen and oxygen atoms in total. The van der Waals surface area contributed by atoms with Crippen LogP contribution in [0.4, 0.5) is 0 Å². The maximum Gasteiger partial charge on any atom is 0.214 e. The summed E-state index contributed by atoms with van der Waals surface area (Å²) >= 11 is 1.73. The van der Waals surface area contributed by atoms with Gasteiger partial charge in [0.2, 0.25) is 10.0 Å². The number of rotatable bonds is 4. The number of thiophene rings is 1. The fourth-order valence-corrected chi connectivity index (χ4v) is 6.42. The van der Waals surface area contributed by atoms with Gasteiger partial charge in [-0.25, -0.2) is 8.42 Å². The van der Waals surface area contributed by atoms with Crippen molar-refractivity contribution in [2.45, 2.75) is 38.1 Å². The summed E-state index contributed by atoms with van der Waals surface area (Å²) in [5.41, 5.74) is 0. The van der Waals surface area contributed by atoms with E-state index in [1.807, 2.05) is 13.0 Å². The minimum atomic E-state index is -3.15. The quantitative estimate of drug-likeness (QED) is 0.853. The number of sulfonamides is 1. The molecule has 118 valence electrons. The molecule has 2 aliphatic rings. The fourth-order valence-electron chi connectivity index (χ4n) is 3.43. The predicted molar refractivity (Wildman–Crippen MR) is 85.2 cm³/mol. The number of nitrogens with zero attached hydrogens (tertiary/aromatic N) is 1. The molecule has 0 bridgehead atoms. The van der Waals surface area contributed by atoms with Gasteiger partial charge in [0.1, 0.15) is 0 Å². The summed E-state index contributed by atoms with van der Waals surface area (Å²) in [6, 6.07) is 4.28. The second-order valence-electron chi connectivity index (χ2n) is 6.20. The lowest BCUT2D eigenvalue weighted by atomic mass is 10.0. The molecule has 0 saturated carbocycles. The molecule has 6 heteroatoms. The van der Waals surface area contributed by atoms with Crippen LogP contribution in [-0.4, -0.2) is 44.3 Å². The molecule has 3 heterocycles. The normalized spacial score (nSPS) is 29.0. The molecule has 2 atom stereocenters. The maximum atomic E-state index is 12.7. The van der Waals surface area contributed by atoms with Crippen LogP contribution < -0.4 is 0 Å². The molecule has 2 fully saturated rings. The molecule has 0 spiro atoms. The van der Waals surface area contributed by atoms with E-state index in [0.29, 0.717) is 25.7 Å². The molecular weight excluding hydrogens is 306 g/mol. The monoisotopic (exact) mass is 329 g/mol. The summed E-state index contributed by atoms with van der Waals surface area (Å²) in [7, 11) is -3.15. The molecule has 0 aromatic carbocycles. The lowest BCUT2D eigenvalue weighted by Crippen LogP contribution is -2.38. The lowest BCUT2D eigenvalue weighted by molar-refractivity contribution is 0.0720. The van der Waals surface area contributed by atoms with Gasteiger partial charge in [-0.15, -0.1) is 11.3 Å². The number of hydrogen-bond acceptors (Lipinski definition) is 4. The highest BCUT2D eigenvalue weighted by atomic mass is 32.2. The van der Waals surface area contributed by atoms with Crippen LogP contribution in [-0.2, 0) is 14.8 Å². The van der Waals surface area contributed by atoms with E-state index < -0.39 is 10.0 Å². The Bertz CT molecular complexity index is 549. The zero-order chi connectivity index (χ0) is 14.9. The third kappa shape index (κ3) is 3.50. The Morgan fingerprint density at radius 2 is 2.14 bits per heavy atom. The first-order valence-electron chi connectivity index (χ1n) is 7.67. The van der Waals surface area contributed by atoms with E-state index in [9.17, 15) is 8.42 Å². The zero-order valence-corrected chi connectivity index (χ0v) is 14.0. The van der Waals surface area contributed by atoms with Crippen molar-refractivity contribution < 1.29 is 13.2 Å². The van der Waals surface area contributed by atoms with Crippen LogP contribution in [0, 0.1) is 5.92 Å². The molecule has 0 amide bonds. The van der Waals surface area contributed by atoms with Gasteiger partial charge in [0.15, 0.2) is 0 Å². The zero-order valence-electron chi connectivity index (χ0n) is 12.4. The van der Waals surface area contributed by atoms with E-state index in [1.54, 1.807) is 15.6 Å². The topological polar surface area (TPSA) is 46.6 Å². The van der Waals surface area contributed by atoms with E-state index in [2.05, 4.69) is 11.4 Å². The van der Waals surface area contributed by atoms with Gasteiger partial charge in [-0.05, 0) is 43.6 Å². The first kappa shape index (κ1) is 15.5. The van der Waals surface area contributed by atoms with Gasteiger partial charge < -0.3 is 4.74 Å². The SMILES string of the molecule is CC1CC(c2cccs2)CN1S(=O)(=O)CC1CCOCC1. The Morgan fingerprint density at radius 1 is 1.38 bits per heavy atom. The average Bonchev–Trinajstić information content (AvgIpc) is 3.08. The first-order valence-corrected chi connectivity index (χ1v) is 10.2. The number of hydrogen-bond donors (Lipinski definition) is 0. The van der Waals surface area contributed by atoms with Crippen LogP contribution in [0.2, 0.25) is 0 Å². The van der Waals surface area contributed by atoms with Crippen molar-refractivity contribution in [2.24, 2.45) is 5.92 Å². The van der Waals surface area contributed by atoms with E-state index in [1.165, 1.54) is 4.88 Å². The molecule has 0 radical (unpaired) electrons. The van der Waals surface area contributed by atoms with Crippen molar-refractivity contribution in [3.05, 3.63) is 22.4 Å². The molecule has 2 unspecified atom stereocenters. The van der Waals surface area contributed by atoms with Crippen molar-refractivity contribution in [1.29, 1.82) is 0 Å². The lowest BCUT2D eigenvalue weighted by Gasteiger charge is -2.26. The fraction of sp³-hybridized carbons (Fsp3) is 0.733. The molecule has 2 saturated heterocycles. The summed E-state index contributed by atoms with van der Waals surface area (Å²) in [4.78, 5) is 1.31. The smallest absolute Gasteiger partial charge is 0.214 e. The van der Waals surface area contributed by atoms with Crippen LogP contribution in [0.3, 0.4) is 0 Å². The summed E-state index contributed by atoms with van der Waals surface area (Å²) in [6.45, 7) is 4.09. The van der Waals surface area contributed by atoms with Gasteiger partial charge in [0, 0.05) is 36.6 Å². The third-order valence-corrected chi connectivity index (χ3v) is 7.76. The van der Waals surface area contributed by atoms with Crippen molar-refractivity contribution >= 4 is 21.4 Å². The predicted octanol–water partition coefficient (Wildman–Crippen LogP) is 2.68. The Kier molecular flexibility index (Phi) is 4.69. The highest BCUT2D eigenvalue weighted by molar-refractivity contribution is 7.89. The van der Waals surface area contributed by atoms with Crippen molar-refractivity contribution in [1.82, 2.24) is 4.31 Å². The first-order chi connectivity index (χ1) is 10.1. The Morgan fingerprint density at radius 3 is 2.81 bits per heavy atom. The molecule has 1 aromatic heterocycles. The van der Waals surface area contributed by atoms with E-state index in [0.717, 1.165) is 19.3 Å². The average molecular weight is 329 g/mol. The Balaban J connectivity index is 1.67. The molecule has 2 aliphatic heterocycles. The van der Waals surface area contributed by atoms with Crippen LogP contribution in [0.1, 0.15) is 37.0 Å². The van der Waals surface area contributed by atoms with E-state index in [4.69, 9.17) is 4.74 Å². The molecule has 21 heavy (non-hydrogen) atoms. The van der Waals surface area contributed by atoms with Crippen LogP contribution >= 0.6 is 11.3 Å². The largest absolute Gasteiger partial charge is 0.381 e. The van der Waals surface area contributed by atoms with Crippen molar-refractivity contribution in [3.8, 4) is 0 Å². The minimum Gasteiger partial charge on any atom is -0.381 e. The summed E-state index contributed by atoms with van der Waals surface area (Å²) in [5.74, 6) is 0.916. The molecular formula is C15H23NO3S2. The van der Waals surface area contributed by atoms with Gasteiger partial charge in [-0.2, -0.15) is 4.31 Å². The highest BCUT2D eigenvalue weighted by Gasteiger charge is 2.38. The van der Waals surface area contributed by atoms with Gasteiger partial charge in [0.25, 0.3) is 0 Å². The van der Waals surface area contributed by atoms with Crippen molar-refractivity contribution in [2.75, 3.05) is 25.5 Å². The Labute approximate surface area is 131 Å². The summed E-state index contributed by atoms with van der Waals surface area (Å²) in [6.07, 6.45) is 2.68. The second-order valence-corrected chi connectivity index (χ2v) is 9.15. The van der Waals surface area contributed by atoms with Crippen LogP contribution in [0.15, 0.2) is 17.5 Å². The molecule has 3 rings (SSSR count). The molecule has 1 aromatic rings. The molecule has 0 aliphatic carbocycles. The second kappa shape index (κ2) is 6.36. The summed E-state index contributed by atoms with van der Waals surface area (Å²) in [5, 5.41) is 2.07. The third-order valence-electron chi connectivity index (χ3n) is 4.61. The van der Waals surface area contributed by atoms with E-state index in [-0.39, 0.29) is 17.7 Å². The van der Waals surface area contributed by atoms with Crippen LogP contribution in [0.25, 0.3) is 0 Å². The van der Waals surface area contributed by atoms with Crippen LogP contribution in [0.5, 0.6) is 0 Å². The van der Waals surface area contributed by atoms with Gasteiger partial charge in [-0.1, -0.05) is 6.07 Å². The Hall–Kier alpha value is -0.430. The van der Waals surface area contributed by atoms with Gasteiger partial charge >= 0.3 is 0 Å². The highest BCUT2D eigenvalue weighted by Crippen LogP contribution is 2.36. The maximum absolute atomic E-state index is 12.7. The summed E-state index contributed by atoms with van der Waals surface area (Å²) < 4.78 is 32.5. The van der Waals surface area contributed by atoms with Gasteiger partial charge in [0.05, 0.1) is 5.75 Å². The molecule has 0 N–H and O–H groups in total. The van der Waals surface area contributed by atoms with Gasteiger partial charge in [-0.3, -0.25) is 0 Å². The van der Waals surface area contributed by atoms with E-state index >= 15 is 0 Å². The number of ether oxygens (including phenoxy) is 1. The van der Waals surface area contributed by atoms with Crippen molar-refractivity contribution in [3.63, 3.8) is 0 Å². The standard InChI is InChI=1S/C15H23NO3S2/c1-12-9-14(15-3-2-8-20-15)10-16(12)21(17,18)11-13-4-6-19-7-5-13/h2-3,8,12-14H,4-7,9-11H2,1H3.